The molecule has 0 radical (unpaired) electrons. The van der Waals surface area contributed by atoms with Gasteiger partial charge in [0.1, 0.15) is 0 Å². The topological polar surface area (TPSA) is 37.0 Å². The molecule has 4 heteroatoms. The third-order valence-electron chi connectivity index (χ3n) is 3.23. The molecule has 1 atom stereocenters. The van der Waals surface area contributed by atoms with E-state index in [1.807, 2.05) is 6.07 Å². The first-order valence-corrected chi connectivity index (χ1v) is 7.03. The lowest BCUT2D eigenvalue weighted by atomic mass is 10.00. The number of hydrogen-bond donors (Lipinski definition) is 2. The van der Waals surface area contributed by atoms with Crippen molar-refractivity contribution in [2.75, 3.05) is 25.0 Å². The van der Waals surface area contributed by atoms with E-state index in [2.05, 4.69) is 33.8 Å². The highest BCUT2D eigenvalue weighted by Gasteiger charge is 2.13. The van der Waals surface area contributed by atoms with Gasteiger partial charge in [-0.3, -0.25) is 0 Å². The average molecular weight is 247 g/mol. The Balaban J connectivity index is 1.64. The summed E-state index contributed by atoms with van der Waals surface area (Å²) in [5, 5.41) is 7.96. The van der Waals surface area contributed by atoms with Crippen LogP contribution in [0.1, 0.15) is 12.8 Å². The molecule has 0 amide bonds. The molecule has 0 aliphatic carbocycles. The fraction of sp³-hybridized carbons (Fsp3) is 0.462. The number of fused-ring (bicyclic) bond motifs is 1. The normalized spacial score (nSPS) is 20.6. The number of hydrogen-bond acceptors (Lipinski definition) is 4. The molecule has 2 heterocycles. The number of anilines is 1. The Bertz CT molecular complexity index is 455. The first-order valence-electron chi connectivity index (χ1n) is 6.22. The van der Waals surface area contributed by atoms with E-state index in [9.17, 15) is 0 Å². The van der Waals surface area contributed by atoms with Gasteiger partial charge in [0, 0.05) is 6.54 Å². The van der Waals surface area contributed by atoms with E-state index in [1.54, 1.807) is 11.3 Å². The summed E-state index contributed by atoms with van der Waals surface area (Å²) in [5.41, 5.74) is 1.10. The Hall–Kier alpha value is -1.13. The van der Waals surface area contributed by atoms with Crippen LogP contribution >= 0.6 is 11.3 Å². The van der Waals surface area contributed by atoms with Gasteiger partial charge in [0.25, 0.3) is 0 Å². The largest absolute Gasteiger partial charge is 0.361 e. The highest BCUT2D eigenvalue weighted by molar-refractivity contribution is 7.22. The van der Waals surface area contributed by atoms with Gasteiger partial charge in [-0.1, -0.05) is 23.5 Å². The number of benzene rings is 1. The molecule has 1 aliphatic rings. The summed E-state index contributed by atoms with van der Waals surface area (Å²) in [7, 11) is 0. The summed E-state index contributed by atoms with van der Waals surface area (Å²) >= 11 is 1.74. The summed E-state index contributed by atoms with van der Waals surface area (Å²) < 4.78 is 1.26. The number of nitrogens with zero attached hydrogens (tertiary/aromatic N) is 1. The van der Waals surface area contributed by atoms with Crippen LogP contribution < -0.4 is 10.6 Å². The number of nitrogens with one attached hydrogen (secondary N) is 2. The summed E-state index contributed by atoms with van der Waals surface area (Å²) in [5.74, 6) is 0.746. The zero-order valence-corrected chi connectivity index (χ0v) is 10.6. The monoisotopic (exact) mass is 247 g/mol. The SMILES string of the molecule is c1ccc2sc(NCC3CCCNC3)nc2c1. The third kappa shape index (κ3) is 2.58. The van der Waals surface area contributed by atoms with Crippen LogP contribution in [0, 0.1) is 5.92 Å². The molecule has 1 saturated heterocycles. The zero-order chi connectivity index (χ0) is 11.5. The fourth-order valence-electron chi connectivity index (χ4n) is 2.28. The molecule has 0 spiro atoms. The van der Waals surface area contributed by atoms with Gasteiger partial charge in [0.05, 0.1) is 10.2 Å². The number of piperidine rings is 1. The minimum atomic E-state index is 0.746. The number of aromatic nitrogens is 1. The van der Waals surface area contributed by atoms with E-state index in [0.717, 1.165) is 29.7 Å². The average Bonchev–Trinajstić information content (AvgIpc) is 2.80. The summed E-state index contributed by atoms with van der Waals surface area (Å²) in [4.78, 5) is 4.58. The molecule has 90 valence electrons. The Morgan fingerprint density at radius 3 is 3.18 bits per heavy atom. The lowest BCUT2D eigenvalue weighted by molar-refractivity contribution is 0.393. The van der Waals surface area contributed by atoms with E-state index in [-0.39, 0.29) is 0 Å². The quantitative estimate of drug-likeness (QED) is 0.875. The van der Waals surface area contributed by atoms with Crippen LogP contribution in [0.25, 0.3) is 10.2 Å². The van der Waals surface area contributed by atoms with Gasteiger partial charge in [-0.25, -0.2) is 4.98 Å². The molecule has 1 aromatic carbocycles. The van der Waals surface area contributed by atoms with Gasteiger partial charge in [-0.15, -0.1) is 0 Å². The molecule has 2 aromatic rings. The minimum Gasteiger partial charge on any atom is -0.361 e. The molecule has 0 bridgehead atoms. The maximum atomic E-state index is 4.58. The fourth-order valence-corrected chi connectivity index (χ4v) is 3.15. The highest BCUT2D eigenvalue weighted by Crippen LogP contribution is 2.25. The van der Waals surface area contributed by atoms with Crippen molar-refractivity contribution in [3.05, 3.63) is 24.3 Å². The standard InChI is InChI=1S/C13H17N3S/c1-2-6-12-11(5-1)16-13(17-12)15-9-10-4-3-7-14-8-10/h1-2,5-6,10,14H,3-4,7-9H2,(H,15,16). The molecule has 3 nitrogen and oxygen atoms in total. The van der Waals surface area contributed by atoms with Gasteiger partial charge in [-0.2, -0.15) is 0 Å². The van der Waals surface area contributed by atoms with Crippen molar-refractivity contribution in [1.29, 1.82) is 0 Å². The van der Waals surface area contributed by atoms with Crippen LogP contribution in [-0.4, -0.2) is 24.6 Å². The van der Waals surface area contributed by atoms with Crippen molar-refractivity contribution in [2.45, 2.75) is 12.8 Å². The van der Waals surface area contributed by atoms with E-state index >= 15 is 0 Å². The number of thiazole rings is 1. The Labute approximate surface area is 105 Å². The van der Waals surface area contributed by atoms with Gasteiger partial charge in [0.15, 0.2) is 5.13 Å². The van der Waals surface area contributed by atoms with Crippen LogP contribution in [-0.2, 0) is 0 Å². The maximum Gasteiger partial charge on any atom is 0.183 e. The van der Waals surface area contributed by atoms with E-state index in [0.29, 0.717) is 0 Å². The Morgan fingerprint density at radius 1 is 1.41 bits per heavy atom. The van der Waals surface area contributed by atoms with Gasteiger partial charge in [-0.05, 0) is 44.0 Å². The van der Waals surface area contributed by atoms with Gasteiger partial charge < -0.3 is 10.6 Å². The molecule has 1 aromatic heterocycles. The smallest absolute Gasteiger partial charge is 0.183 e. The Kier molecular flexibility index (Phi) is 3.25. The highest BCUT2D eigenvalue weighted by atomic mass is 32.1. The van der Waals surface area contributed by atoms with Crippen LogP contribution in [0.15, 0.2) is 24.3 Å². The van der Waals surface area contributed by atoms with E-state index < -0.39 is 0 Å². The molecule has 1 fully saturated rings. The summed E-state index contributed by atoms with van der Waals surface area (Å²) in [6.45, 7) is 3.35. The molecule has 1 aliphatic heterocycles. The summed E-state index contributed by atoms with van der Waals surface area (Å²) in [6, 6.07) is 8.30. The third-order valence-corrected chi connectivity index (χ3v) is 4.23. The van der Waals surface area contributed by atoms with Crippen molar-refractivity contribution in [2.24, 2.45) is 5.92 Å². The predicted octanol–water partition coefficient (Wildman–Crippen LogP) is 2.71. The predicted molar refractivity (Wildman–Crippen MR) is 73.7 cm³/mol. The molecular weight excluding hydrogens is 230 g/mol. The van der Waals surface area contributed by atoms with Crippen molar-refractivity contribution >= 4 is 26.7 Å². The number of para-hydroxylation sites is 1. The lowest BCUT2D eigenvalue weighted by Crippen LogP contribution is -2.33. The lowest BCUT2D eigenvalue weighted by Gasteiger charge is -2.22. The van der Waals surface area contributed by atoms with Gasteiger partial charge >= 0.3 is 0 Å². The van der Waals surface area contributed by atoms with Crippen molar-refractivity contribution < 1.29 is 0 Å². The first kappa shape index (κ1) is 11.0. The summed E-state index contributed by atoms with van der Waals surface area (Å²) in [6.07, 6.45) is 2.62. The second kappa shape index (κ2) is 5.02. The Morgan fingerprint density at radius 2 is 2.35 bits per heavy atom. The molecule has 17 heavy (non-hydrogen) atoms. The van der Waals surface area contributed by atoms with Crippen molar-refractivity contribution in [3.8, 4) is 0 Å². The zero-order valence-electron chi connectivity index (χ0n) is 9.78. The molecular formula is C13H17N3S. The number of rotatable bonds is 3. The van der Waals surface area contributed by atoms with Crippen LogP contribution in [0.2, 0.25) is 0 Å². The second-order valence-electron chi connectivity index (χ2n) is 4.58. The maximum absolute atomic E-state index is 4.58. The van der Waals surface area contributed by atoms with Crippen LogP contribution in [0.3, 0.4) is 0 Å². The van der Waals surface area contributed by atoms with E-state index in [1.165, 1.54) is 24.1 Å². The van der Waals surface area contributed by atoms with Gasteiger partial charge in [0.2, 0.25) is 0 Å². The van der Waals surface area contributed by atoms with Crippen LogP contribution in [0.4, 0.5) is 5.13 Å². The van der Waals surface area contributed by atoms with Crippen LogP contribution in [0.5, 0.6) is 0 Å². The molecule has 2 N–H and O–H groups in total. The molecule has 1 unspecified atom stereocenters. The molecule has 0 saturated carbocycles. The van der Waals surface area contributed by atoms with Crippen molar-refractivity contribution in [3.63, 3.8) is 0 Å². The van der Waals surface area contributed by atoms with E-state index in [4.69, 9.17) is 0 Å². The molecule has 3 rings (SSSR count). The van der Waals surface area contributed by atoms with Crippen molar-refractivity contribution in [1.82, 2.24) is 10.3 Å². The first-order chi connectivity index (χ1) is 8.42. The minimum absolute atomic E-state index is 0.746. The second-order valence-corrected chi connectivity index (χ2v) is 5.61.